The second-order valence-electron chi connectivity index (χ2n) is 6.08. The number of anilines is 1. The van der Waals surface area contributed by atoms with Crippen molar-refractivity contribution in [2.45, 2.75) is 27.3 Å². The fourth-order valence-electron chi connectivity index (χ4n) is 2.96. The lowest BCUT2D eigenvalue weighted by Gasteiger charge is -2.14. The fraction of sp³-hybridized carbons (Fsp3) is 0.200. The Morgan fingerprint density at radius 2 is 1.88 bits per heavy atom. The molecule has 0 unspecified atom stereocenters. The third-order valence-corrected chi connectivity index (χ3v) is 4.25. The van der Waals surface area contributed by atoms with E-state index in [9.17, 15) is 14.0 Å². The molecule has 0 aliphatic carbocycles. The normalized spacial score (nSPS) is 10.9. The van der Waals surface area contributed by atoms with Crippen molar-refractivity contribution in [1.82, 2.24) is 4.57 Å². The third-order valence-electron chi connectivity index (χ3n) is 4.25. The number of hydrogen-bond acceptors (Lipinski definition) is 2. The van der Waals surface area contributed by atoms with Crippen molar-refractivity contribution < 1.29 is 9.18 Å². The molecule has 5 heteroatoms. The van der Waals surface area contributed by atoms with Crippen LogP contribution in [-0.4, -0.2) is 10.5 Å². The number of nitrogens with one attached hydrogen (secondary N) is 1. The van der Waals surface area contributed by atoms with Crippen LogP contribution < -0.4 is 10.9 Å². The van der Waals surface area contributed by atoms with E-state index < -0.39 is 5.82 Å². The molecule has 4 nitrogen and oxygen atoms in total. The smallest absolute Gasteiger partial charge is 0.272 e. The first-order chi connectivity index (χ1) is 11.9. The molecule has 0 atom stereocenters. The minimum absolute atomic E-state index is 0.256. The van der Waals surface area contributed by atoms with E-state index in [2.05, 4.69) is 5.32 Å². The average molecular weight is 338 g/mol. The van der Waals surface area contributed by atoms with Crippen molar-refractivity contribution in [3.05, 3.63) is 75.5 Å². The van der Waals surface area contributed by atoms with Gasteiger partial charge in [-0.3, -0.25) is 9.59 Å². The first-order valence-corrected chi connectivity index (χ1v) is 8.12. The van der Waals surface area contributed by atoms with Crippen LogP contribution in [-0.2, 0) is 6.54 Å². The zero-order valence-electron chi connectivity index (χ0n) is 14.4. The quantitative estimate of drug-likeness (QED) is 0.784. The molecule has 0 radical (unpaired) electrons. The van der Waals surface area contributed by atoms with Gasteiger partial charge in [0.15, 0.2) is 0 Å². The summed E-state index contributed by atoms with van der Waals surface area (Å²) in [5.41, 5.74) is 2.64. The van der Waals surface area contributed by atoms with Gasteiger partial charge in [0.2, 0.25) is 0 Å². The van der Waals surface area contributed by atoms with Gasteiger partial charge in [-0.05, 0) is 56.0 Å². The van der Waals surface area contributed by atoms with Gasteiger partial charge in [-0.2, -0.15) is 0 Å². The zero-order chi connectivity index (χ0) is 18.1. The van der Waals surface area contributed by atoms with Gasteiger partial charge in [0.25, 0.3) is 11.5 Å². The first kappa shape index (κ1) is 16.9. The molecule has 0 bridgehead atoms. The molecule has 0 saturated heterocycles. The van der Waals surface area contributed by atoms with Crippen LogP contribution >= 0.6 is 0 Å². The number of pyridine rings is 1. The second kappa shape index (κ2) is 6.51. The monoisotopic (exact) mass is 338 g/mol. The highest BCUT2D eigenvalue weighted by molar-refractivity contribution is 6.05. The van der Waals surface area contributed by atoms with Crippen molar-refractivity contribution in [1.29, 1.82) is 0 Å². The Kier molecular flexibility index (Phi) is 4.40. The lowest BCUT2D eigenvalue weighted by atomic mass is 10.1. The zero-order valence-corrected chi connectivity index (χ0v) is 14.4. The Morgan fingerprint density at radius 3 is 2.56 bits per heavy atom. The number of aryl methyl sites for hydroxylation is 2. The van der Waals surface area contributed by atoms with Gasteiger partial charge in [-0.1, -0.05) is 23.8 Å². The molecule has 3 aromatic rings. The van der Waals surface area contributed by atoms with Gasteiger partial charge in [-0.25, -0.2) is 4.39 Å². The highest BCUT2D eigenvalue weighted by atomic mass is 19.1. The minimum atomic E-state index is -0.472. The molecule has 1 N–H and O–H groups in total. The van der Waals surface area contributed by atoms with Crippen molar-refractivity contribution >= 4 is 22.4 Å². The fourth-order valence-corrected chi connectivity index (χ4v) is 2.96. The number of rotatable bonds is 3. The summed E-state index contributed by atoms with van der Waals surface area (Å²) in [5, 5.41) is 3.67. The number of amides is 1. The van der Waals surface area contributed by atoms with Crippen LogP contribution in [0, 0.1) is 19.7 Å². The van der Waals surface area contributed by atoms with Crippen molar-refractivity contribution in [2.75, 3.05) is 5.32 Å². The van der Waals surface area contributed by atoms with Crippen LogP contribution in [0.25, 0.3) is 10.8 Å². The number of hydrogen-bond donors (Lipinski definition) is 1. The molecule has 0 fully saturated rings. The SMILES string of the molecule is CCn1c(C(=O)Nc2ccc(C)cc2C)cc2ccc(F)cc2c1=O. The largest absolute Gasteiger partial charge is 0.320 e. The Morgan fingerprint density at radius 1 is 1.12 bits per heavy atom. The Balaban J connectivity index is 2.09. The third kappa shape index (κ3) is 3.18. The number of halogens is 1. The van der Waals surface area contributed by atoms with Gasteiger partial charge in [-0.15, -0.1) is 0 Å². The lowest BCUT2D eigenvalue weighted by Crippen LogP contribution is -2.28. The number of aromatic nitrogens is 1. The van der Waals surface area contributed by atoms with Crippen molar-refractivity contribution in [3.63, 3.8) is 0 Å². The number of benzene rings is 2. The summed E-state index contributed by atoms with van der Waals surface area (Å²) in [7, 11) is 0. The van der Waals surface area contributed by atoms with Crippen molar-refractivity contribution in [3.8, 4) is 0 Å². The summed E-state index contributed by atoms with van der Waals surface area (Å²) in [6, 6.07) is 11.4. The minimum Gasteiger partial charge on any atom is -0.320 e. The molecular formula is C20H19FN2O2. The molecular weight excluding hydrogens is 319 g/mol. The molecule has 128 valence electrons. The molecule has 0 saturated carbocycles. The van der Waals surface area contributed by atoms with Crippen LogP contribution in [0.1, 0.15) is 28.5 Å². The van der Waals surface area contributed by atoms with Gasteiger partial charge in [0.1, 0.15) is 11.5 Å². The number of fused-ring (bicyclic) bond motifs is 1. The molecule has 25 heavy (non-hydrogen) atoms. The van der Waals surface area contributed by atoms with E-state index in [1.54, 1.807) is 13.0 Å². The lowest BCUT2D eigenvalue weighted by molar-refractivity contribution is 0.101. The maximum absolute atomic E-state index is 13.4. The molecule has 1 heterocycles. The van der Waals surface area contributed by atoms with Gasteiger partial charge < -0.3 is 9.88 Å². The summed E-state index contributed by atoms with van der Waals surface area (Å²) in [5.74, 6) is -0.836. The van der Waals surface area contributed by atoms with Crippen molar-refractivity contribution in [2.24, 2.45) is 0 Å². The van der Waals surface area contributed by atoms with E-state index in [0.717, 1.165) is 11.1 Å². The van der Waals surface area contributed by atoms with Gasteiger partial charge in [0.05, 0.1) is 5.39 Å². The van der Waals surface area contributed by atoms with Crippen LogP contribution in [0.15, 0.2) is 47.3 Å². The summed E-state index contributed by atoms with van der Waals surface area (Å²) in [4.78, 5) is 25.4. The van der Waals surface area contributed by atoms with E-state index in [0.29, 0.717) is 17.6 Å². The van der Waals surface area contributed by atoms with E-state index in [4.69, 9.17) is 0 Å². The van der Waals surface area contributed by atoms with Crippen LogP contribution in [0.5, 0.6) is 0 Å². The first-order valence-electron chi connectivity index (χ1n) is 8.12. The number of carbonyl (C=O) groups is 1. The highest BCUT2D eigenvalue weighted by Gasteiger charge is 2.16. The predicted octanol–water partition coefficient (Wildman–Crippen LogP) is 4.03. The molecule has 0 aliphatic rings. The molecule has 1 aromatic heterocycles. The standard InChI is InChI=1S/C20H19FN2O2/c1-4-23-18(10-14-6-7-15(21)11-16(14)20(23)25)19(24)22-17-8-5-12(2)9-13(17)3/h5-11H,4H2,1-3H3,(H,22,24). The van der Waals surface area contributed by atoms with E-state index in [-0.39, 0.29) is 22.5 Å². The molecule has 0 spiro atoms. The maximum atomic E-state index is 13.4. The second-order valence-corrected chi connectivity index (χ2v) is 6.08. The van der Waals surface area contributed by atoms with Crippen LogP contribution in [0.4, 0.5) is 10.1 Å². The molecule has 0 aliphatic heterocycles. The highest BCUT2D eigenvalue weighted by Crippen LogP contribution is 2.19. The number of nitrogens with zero attached hydrogens (tertiary/aromatic N) is 1. The van der Waals surface area contributed by atoms with Gasteiger partial charge in [0, 0.05) is 12.2 Å². The summed E-state index contributed by atoms with van der Waals surface area (Å²) >= 11 is 0. The summed E-state index contributed by atoms with van der Waals surface area (Å²) < 4.78 is 14.8. The van der Waals surface area contributed by atoms with E-state index in [1.807, 2.05) is 32.0 Å². The summed E-state index contributed by atoms with van der Waals surface area (Å²) in [6.07, 6.45) is 0. The maximum Gasteiger partial charge on any atom is 0.272 e. The van der Waals surface area contributed by atoms with Crippen LogP contribution in [0.2, 0.25) is 0 Å². The Labute approximate surface area is 144 Å². The summed E-state index contributed by atoms with van der Waals surface area (Å²) in [6.45, 7) is 6.00. The Hall–Kier alpha value is -2.95. The molecule has 3 rings (SSSR count). The van der Waals surface area contributed by atoms with Gasteiger partial charge >= 0.3 is 0 Å². The van der Waals surface area contributed by atoms with Crippen LogP contribution in [0.3, 0.4) is 0 Å². The molecule has 2 aromatic carbocycles. The van der Waals surface area contributed by atoms with E-state index >= 15 is 0 Å². The predicted molar refractivity (Wildman–Crippen MR) is 97.7 cm³/mol. The Bertz CT molecular complexity index is 1040. The topological polar surface area (TPSA) is 51.1 Å². The number of carbonyl (C=O) groups excluding carboxylic acids is 1. The van der Waals surface area contributed by atoms with E-state index in [1.165, 1.54) is 22.8 Å². The average Bonchev–Trinajstić information content (AvgIpc) is 2.57. The molecule has 1 amide bonds.